The Bertz CT molecular complexity index is 824. The lowest BCUT2D eigenvalue weighted by molar-refractivity contribution is 0.323. The van der Waals surface area contributed by atoms with E-state index in [1.165, 1.54) is 5.56 Å². The SMILES string of the molecule is CCOc1cc2n(c(=O)n1)CCc1cc(NCC(C)(C)CC)ccc1-2. The predicted molar refractivity (Wildman–Crippen MR) is 101 cm³/mol. The Morgan fingerprint density at radius 2 is 2.08 bits per heavy atom. The van der Waals surface area contributed by atoms with E-state index in [1.807, 2.05) is 13.0 Å². The minimum absolute atomic E-state index is 0.238. The molecule has 1 aliphatic heterocycles. The Morgan fingerprint density at radius 1 is 1.28 bits per heavy atom. The van der Waals surface area contributed by atoms with Crippen molar-refractivity contribution in [3.8, 4) is 17.1 Å². The number of nitrogens with zero attached hydrogens (tertiary/aromatic N) is 2. The highest BCUT2D eigenvalue weighted by molar-refractivity contribution is 5.69. The van der Waals surface area contributed by atoms with Gasteiger partial charge in [-0.15, -0.1) is 0 Å². The minimum atomic E-state index is -0.238. The molecule has 0 spiro atoms. The minimum Gasteiger partial charge on any atom is -0.478 e. The molecule has 0 aliphatic carbocycles. The zero-order valence-corrected chi connectivity index (χ0v) is 15.6. The lowest BCUT2D eigenvalue weighted by atomic mass is 9.90. The smallest absolute Gasteiger partial charge is 0.351 e. The summed E-state index contributed by atoms with van der Waals surface area (Å²) in [6.07, 6.45) is 1.97. The highest BCUT2D eigenvalue weighted by Gasteiger charge is 2.20. The van der Waals surface area contributed by atoms with Crippen LogP contribution < -0.4 is 15.7 Å². The second kappa shape index (κ2) is 6.90. The van der Waals surface area contributed by atoms with Gasteiger partial charge < -0.3 is 10.1 Å². The molecule has 1 aliphatic rings. The van der Waals surface area contributed by atoms with Crippen molar-refractivity contribution in [1.29, 1.82) is 0 Å². The summed E-state index contributed by atoms with van der Waals surface area (Å²) in [7, 11) is 0. The fraction of sp³-hybridized carbons (Fsp3) is 0.500. The monoisotopic (exact) mass is 341 g/mol. The quantitative estimate of drug-likeness (QED) is 0.870. The summed E-state index contributed by atoms with van der Waals surface area (Å²) in [6.45, 7) is 10.7. The molecule has 0 unspecified atom stereocenters. The van der Waals surface area contributed by atoms with Gasteiger partial charge in [0, 0.05) is 30.4 Å². The molecular formula is C20H27N3O2. The molecule has 0 amide bonds. The molecule has 5 heteroatoms. The lowest BCUT2D eigenvalue weighted by Crippen LogP contribution is -2.28. The van der Waals surface area contributed by atoms with Gasteiger partial charge in [-0.3, -0.25) is 4.57 Å². The van der Waals surface area contributed by atoms with Crippen molar-refractivity contribution in [1.82, 2.24) is 9.55 Å². The van der Waals surface area contributed by atoms with Crippen LogP contribution in [0.4, 0.5) is 5.69 Å². The normalized spacial score (nSPS) is 13.1. The lowest BCUT2D eigenvalue weighted by Gasteiger charge is -2.25. The summed E-state index contributed by atoms with van der Waals surface area (Å²) in [6, 6.07) is 8.26. The van der Waals surface area contributed by atoms with Crippen molar-refractivity contribution >= 4 is 5.69 Å². The van der Waals surface area contributed by atoms with E-state index in [1.54, 1.807) is 4.57 Å². The number of ether oxygens (including phenoxy) is 1. The van der Waals surface area contributed by atoms with E-state index < -0.39 is 0 Å². The summed E-state index contributed by atoms with van der Waals surface area (Å²) in [5.41, 5.74) is 4.41. The van der Waals surface area contributed by atoms with Crippen LogP contribution in [0.3, 0.4) is 0 Å². The number of benzene rings is 1. The third-order valence-electron chi connectivity index (χ3n) is 4.99. The van der Waals surface area contributed by atoms with Crippen LogP contribution in [-0.2, 0) is 13.0 Å². The van der Waals surface area contributed by atoms with E-state index in [0.29, 0.717) is 19.0 Å². The number of anilines is 1. The molecule has 0 saturated carbocycles. The van der Waals surface area contributed by atoms with Crippen LogP contribution in [0, 0.1) is 5.41 Å². The van der Waals surface area contributed by atoms with Gasteiger partial charge in [0.05, 0.1) is 12.3 Å². The Kier molecular flexibility index (Phi) is 4.84. The highest BCUT2D eigenvalue weighted by atomic mass is 16.5. The summed E-state index contributed by atoms with van der Waals surface area (Å²) in [5, 5.41) is 3.55. The molecular weight excluding hydrogens is 314 g/mol. The van der Waals surface area contributed by atoms with Crippen molar-refractivity contribution in [2.45, 2.75) is 47.1 Å². The van der Waals surface area contributed by atoms with Gasteiger partial charge in [-0.05, 0) is 42.9 Å². The summed E-state index contributed by atoms with van der Waals surface area (Å²) in [5.74, 6) is 0.401. The van der Waals surface area contributed by atoms with E-state index in [4.69, 9.17) is 4.74 Å². The first-order valence-electron chi connectivity index (χ1n) is 9.05. The average molecular weight is 341 g/mol. The standard InChI is InChI=1S/C20H27N3O2/c1-5-20(3,4)13-21-15-7-8-16-14(11-15)9-10-23-17(16)12-18(25-6-2)22-19(23)24/h7-8,11-12,21H,5-6,9-10,13H2,1-4H3. The molecule has 0 saturated heterocycles. The van der Waals surface area contributed by atoms with Gasteiger partial charge >= 0.3 is 5.69 Å². The van der Waals surface area contributed by atoms with Gasteiger partial charge in [0.15, 0.2) is 0 Å². The van der Waals surface area contributed by atoms with Crippen molar-refractivity contribution in [2.24, 2.45) is 5.41 Å². The topological polar surface area (TPSA) is 56.2 Å². The fourth-order valence-corrected chi connectivity index (χ4v) is 3.00. The Hall–Kier alpha value is -2.30. The van der Waals surface area contributed by atoms with Crippen LogP contribution >= 0.6 is 0 Å². The van der Waals surface area contributed by atoms with Crippen LogP contribution in [0.5, 0.6) is 5.88 Å². The molecule has 0 bridgehead atoms. The molecule has 25 heavy (non-hydrogen) atoms. The maximum absolute atomic E-state index is 12.2. The van der Waals surface area contributed by atoms with Gasteiger partial charge in [0.1, 0.15) is 0 Å². The average Bonchev–Trinajstić information content (AvgIpc) is 2.60. The van der Waals surface area contributed by atoms with Crippen molar-refractivity contribution in [3.63, 3.8) is 0 Å². The highest BCUT2D eigenvalue weighted by Crippen LogP contribution is 2.32. The molecule has 2 aromatic rings. The molecule has 1 aromatic heterocycles. The van der Waals surface area contributed by atoms with E-state index >= 15 is 0 Å². The summed E-state index contributed by atoms with van der Waals surface area (Å²) >= 11 is 0. The number of nitrogens with one attached hydrogen (secondary N) is 1. The molecule has 3 rings (SSSR count). The first kappa shape index (κ1) is 17.5. The molecule has 2 heterocycles. The van der Waals surface area contributed by atoms with Gasteiger partial charge in [-0.25, -0.2) is 4.79 Å². The second-order valence-corrected chi connectivity index (χ2v) is 7.34. The Morgan fingerprint density at radius 3 is 2.80 bits per heavy atom. The van der Waals surface area contributed by atoms with Crippen LogP contribution in [0.2, 0.25) is 0 Å². The molecule has 0 atom stereocenters. The number of fused-ring (bicyclic) bond motifs is 3. The van der Waals surface area contributed by atoms with Crippen molar-refractivity contribution < 1.29 is 4.74 Å². The van der Waals surface area contributed by atoms with Gasteiger partial charge in [-0.2, -0.15) is 4.98 Å². The second-order valence-electron chi connectivity index (χ2n) is 7.34. The number of rotatable bonds is 6. The van der Waals surface area contributed by atoms with Crippen LogP contribution in [0.1, 0.15) is 39.7 Å². The van der Waals surface area contributed by atoms with Crippen LogP contribution in [0.15, 0.2) is 29.1 Å². The Balaban J connectivity index is 1.92. The zero-order chi connectivity index (χ0) is 18.0. The maximum atomic E-state index is 12.2. The molecule has 1 N–H and O–H groups in total. The zero-order valence-electron chi connectivity index (χ0n) is 15.6. The first-order valence-corrected chi connectivity index (χ1v) is 9.05. The molecule has 1 aromatic carbocycles. The fourth-order valence-electron chi connectivity index (χ4n) is 3.00. The third kappa shape index (κ3) is 3.70. The van der Waals surface area contributed by atoms with Crippen LogP contribution in [0.25, 0.3) is 11.3 Å². The van der Waals surface area contributed by atoms with Crippen molar-refractivity contribution in [2.75, 3.05) is 18.5 Å². The third-order valence-corrected chi connectivity index (χ3v) is 4.99. The number of hydrogen-bond donors (Lipinski definition) is 1. The van der Waals surface area contributed by atoms with E-state index in [9.17, 15) is 4.79 Å². The van der Waals surface area contributed by atoms with E-state index in [2.05, 4.69) is 49.3 Å². The summed E-state index contributed by atoms with van der Waals surface area (Å²) < 4.78 is 7.18. The Labute approximate surface area is 149 Å². The van der Waals surface area contributed by atoms with Crippen LogP contribution in [-0.4, -0.2) is 22.7 Å². The van der Waals surface area contributed by atoms with Crippen molar-refractivity contribution in [3.05, 3.63) is 40.3 Å². The molecule has 134 valence electrons. The number of hydrogen-bond acceptors (Lipinski definition) is 4. The van der Waals surface area contributed by atoms with E-state index in [0.717, 1.165) is 36.3 Å². The van der Waals surface area contributed by atoms with Gasteiger partial charge in [0.2, 0.25) is 5.88 Å². The van der Waals surface area contributed by atoms with Gasteiger partial charge in [0.25, 0.3) is 0 Å². The molecule has 5 nitrogen and oxygen atoms in total. The van der Waals surface area contributed by atoms with E-state index in [-0.39, 0.29) is 11.1 Å². The molecule has 0 fully saturated rings. The largest absolute Gasteiger partial charge is 0.478 e. The predicted octanol–water partition coefficient (Wildman–Crippen LogP) is 3.71. The number of aryl methyl sites for hydroxylation is 1. The molecule has 0 radical (unpaired) electrons. The summed E-state index contributed by atoms with van der Waals surface area (Å²) in [4.78, 5) is 16.2. The maximum Gasteiger partial charge on any atom is 0.351 e. The number of aromatic nitrogens is 2. The first-order chi connectivity index (χ1) is 11.9. The van der Waals surface area contributed by atoms with Gasteiger partial charge in [-0.1, -0.05) is 26.8 Å².